The maximum Gasteiger partial charge on any atom is 0.248 e. The Labute approximate surface area is 172 Å². The van der Waals surface area contributed by atoms with Crippen LogP contribution < -0.4 is 14.9 Å². The molecule has 0 saturated heterocycles. The van der Waals surface area contributed by atoms with E-state index in [4.69, 9.17) is 0 Å². The van der Waals surface area contributed by atoms with Crippen LogP contribution >= 0.6 is 0 Å². The molecule has 29 heavy (non-hydrogen) atoms. The average Bonchev–Trinajstić information content (AvgIpc) is 2.62. The molecule has 1 atom stereocenters. The van der Waals surface area contributed by atoms with Crippen LogP contribution in [0.3, 0.4) is 0 Å². The van der Waals surface area contributed by atoms with Crippen LogP contribution in [0, 0.1) is 13.8 Å². The lowest BCUT2D eigenvalue weighted by molar-refractivity contribution is -0.117. The number of nitrogens with zero attached hydrogens (tertiary/aromatic N) is 1. The van der Waals surface area contributed by atoms with Gasteiger partial charge in [-0.05, 0) is 67.8 Å². The lowest BCUT2D eigenvalue weighted by Gasteiger charge is -2.30. The van der Waals surface area contributed by atoms with Gasteiger partial charge in [-0.25, -0.2) is 8.42 Å². The third-order valence-corrected chi connectivity index (χ3v) is 5.73. The number of sulfonamides is 1. The zero-order chi connectivity index (χ0) is 21.8. The Morgan fingerprint density at radius 2 is 1.52 bits per heavy atom. The molecule has 2 aromatic carbocycles. The minimum absolute atomic E-state index is 0.190. The van der Waals surface area contributed by atoms with Crippen LogP contribution in [0.1, 0.15) is 31.4 Å². The minimum Gasteiger partial charge on any atom is -0.326 e. The summed E-state index contributed by atoms with van der Waals surface area (Å²) in [6, 6.07) is 11.0. The van der Waals surface area contributed by atoms with Gasteiger partial charge in [-0.3, -0.25) is 13.9 Å². The third kappa shape index (κ3) is 5.80. The summed E-state index contributed by atoms with van der Waals surface area (Å²) in [6.07, 6.45) is 1.40. The number of rotatable bonds is 7. The first-order valence-electron chi connectivity index (χ1n) is 9.28. The van der Waals surface area contributed by atoms with Gasteiger partial charge in [0.15, 0.2) is 0 Å². The Hall–Kier alpha value is -2.87. The van der Waals surface area contributed by atoms with Gasteiger partial charge < -0.3 is 10.6 Å². The van der Waals surface area contributed by atoms with Gasteiger partial charge in [0.25, 0.3) is 0 Å². The summed E-state index contributed by atoms with van der Waals surface area (Å²) in [5, 5.41) is 5.41. The molecule has 2 amide bonds. The number of nitrogens with one attached hydrogen (secondary N) is 2. The highest BCUT2D eigenvalue weighted by Crippen LogP contribution is 2.26. The summed E-state index contributed by atoms with van der Waals surface area (Å²) in [6.45, 7) is 7.02. The second-order valence-corrected chi connectivity index (χ2v) is 8.86. The standard InChI is InChI=1S/C21H27N3O4S/c1-6-20(21(26)23-18-10-8-17(9-11-18)22-16(4)25)24(29(5,27)28)19-12-7-14(2)15(3)13-19/h7-13,20H,6H2,1-5H3,(H,22,25)(H,23,26)/t20-/m1/s1. The summed E-state index contributed by atoms with van der Waals surface area (Å²) in [4.78, 5) is 24.0. The number of carbonyl (C=O) groups is 2. The second kappa shape index (κ2) is 9.09. The molecule has 0 aromatic heterocycles. The molecule has 0 aliphatic heterocycles. The molecule has 2 N–H and O–H groups in total. The summed E-state index contributed by atoms with van der Waals surface area (Å²) < 4.78 is 26.2. The smallest absolute Gasteiger partial charge is 0.248 e. The molecule has 0 fully saturated rings. The fraction of sp³-hybridized carbons (Fsp3) is 0.333. The first-order chi connectivity index (χ1) is 13.5. The number of aryl methyl sites for hydroxylation is 2. The molecule has 0 aliphatic carbocycles. The zero-order valence-corrected chi connectivity index (χ0v) is 18.1. The summed E-state index contributed by atoms with van der Waals surface area (Å²) in [5.74, 6) is -0.617. The summed E-state index contributed by atoms with van der Waals surface area (Å²) in [7, 11) is -3.69. The highest BCUT2D eigenvalue weighted by atomic mass is 32.2. The van der Waals surface area contributed by atoms with Gasteiger partial charge in [0.05, 0.1) is 11.9 Å². The van der Waals surface area contributed by atoms with E-state index in [1.165, 1.54) is 11.2 Å². The van der Waals surface area contributed by atoms with E-state index in [1.54, 1.807) is 43.3 Å². The van der Waals surface area contributed by atoms with E-state index in [0.29, 0.717) is 23.5 Å². The molecule has 0 radical (unpaired) electrons. The largest absolute Gasteiger partial charge is 0.326 e. The Morgan fingerprint density at radius 3 is 1.97 bits per heavy atom. The predicted octanol–water partition coefficient (Wildman–Crippen LogP) is 3.45. The van der Waals surface area contributed by atoms with Crippen molar-refractivity contribution in [3.05, 3.63) is 53.6 Å². The van der Waals surface area contributed by atoms with Crippen molar-refractivity contribution < 1.29 is 18.0 Å². The maximum atomic E-state index is 12.9. The fourth-order valence-electron chi connectivity index (χ4n) is 2.99. The van der Waals surface area contributed by atoms with Crippen molar-refractivity contribution in [1.82, 2.24) is 0 Å². The van der Waals surface area contributed by atoms with Crippen molar-refractivity contribution in [3.8, 4) is 0 Å². The normalized spacial score (nSPS) is 12.2. The second-order valence-electron chi connectivity index (χ2n) is 7.00. The van der Waals surface area contributed by atoms with Crippen molar-refractivity contribution in [2.45, 2.75) is 40.2 Å². The molecular weight excluding hydrogens is 390 g/mol. The number of carbonyl (C=O) groups excluding carboxylic acids is 2. The first kappa shape index (κ1) is 22.4. The van der Waals surface area contributed by atoms with Crippen LogP contribution in [0.25, 0.3) is 0 Å². The van der Waals surface area contributed by atoms with Crippen LogP contribution in [0.5, 0.6) is 0 Å². The van der Waals surface area contributed by atoms with Crippen molar-refractivity contribution in [3.63, 3.8) is 0 Å². The van der Waals surface area contributed by atoms with E-state index < -0.39 is 22.0 Å². The molecule has 2 aromatic rings. The maximum absolute atomic E-state index is 12.9. The molecule has 156 valence electrons. The molecular formula is C21H27N3O4S. The van der Waals surface area contributed by atoms with Crippen LogP contribution in [0.2, 0.25) is 0 Å². The van der Waals surface area contributed by atoms with Crippen LogP contribution in [-0.4, -0.2) is 32.5 Å². The lowest BCUT2D eigenvalue weighted by atomic mass is 10.1. The molecule has 7 nitrogen and oxygen atoms in total. The van der Waals surface area contributed by atoms with Gasteiger partial charge in [-0.1, -0.05) is 13.0 Å². The summed E-state index contributed by atoms with van der Waals surface area (Å²) in [5.41, 5.74) is 3.56. The van der Waals surface area contributed by atoms with Crippen molar-refractivity contribution in [2.24, 2.45) is 0 Å². The lowest BCUT2D eigenvalue weighted by Crippen LogP contribution is -2.47. The van der Waals surface area contributed by atoms with Gasteiger partial charge in [-0.15, -0.1) is 0 Å². The van der Waals surface area contributed by atoms with Crippen molar-refractivity contribution in [1.29, 1.82) is 0 Å². The Morgan fingerprint density at radius 1 is 0.966 bits per heavy atom. The average molecular weight is 418 g/mol. The Kier molecular flexibility index (Phi) is 7.02. The summed E-state index contributed by atoms with van der Waals surface area (Å²) >= 11 is 0. The molecule has 0 heterocycles. The van der Waals surface area contributed by atoms with Gasteiger partial charge >= 0.3 is 0 Å². The zero-order valence-electron chi connectivity index (χ0n) is 17.3. The van der Waals surface area contributed by atoms with Gasteiger partial charge in [0.1, 0.15) is 6.04 Å². The van der Waals surface area contributed by atoms with Crippen LogP contribution in [0.15, 0.2) is 42.5 Å². The SMILES string of the molecule is CC[C@H](C(=O)Nc1ccc(NC(C)=O)cc1)N(c1ccc(C)c(C)c1)S(C)(=O)=O. The number of amides is 2. The highest BCUT2D eigenvalue weighted by molar-refractivity contribution is 7.92. The molecule has 0 aliphatic rings. The van der Waals surface area contributed by atoms with E-state index in [0.717, 1.165) is 17.4 Å². The monoisotopic (exact) mass is 417 g/mol. The van der Waals surface area contributed by atoms with Crippen molar-refractivity contribution in [2.75, 3.05) is 21.2 Å². The first-order valence-corrected chi connectivity index (χ1v) is 11.1. The Bertz CT molecular complexity index is 1000. The van der Waals surface area contributed by atoms with Gasteiger partial charge in [-0.2, -0.15) is 0 Å². The van der Waals surface area contributed by atoms with E-state index >= 15 is 0 Å². The Balaban J connectivity index is 2.30. The number of anilines is 3. The van der Waals surface area contributed by atoms with Crippen molar-refractivity contribution >= 4 is 38.9 Å². The highest BCUT2D eigenvalue weighted by Gasteiger charge is 2.31. The minimum atomic E-state index is -3.69. The van der Waals surface area contributed by atoms with Crippen LogP contribution in [-0.2, 0) is 19.6 Å². The molecule has 0 bridgehead atoms. The number of hydrogen-bond donors (Lipinski definition) is 2. The molecule has 0 saturated carbocycles. The predicted molar refractivity (Wildman–Crippen MR) is 117 cm³/mol. The fourth-order valence-corrected chi connectivity index (χ4v) is 4.19. The molecule has 0 unspecified atom stereocenters. The molecule has 2 rings (SSSR count). The van der Waals surface area contributed by atoms with E-state index in [9.17, 15) is 18.0 Å². The van der Waals surface area contributed by atoms with E-state index in [-0.39, 0.29) is 5.91 Å². The molecule has 0 spiro atoms. The number of hydrogen-bond acceptors (Lipinski definition) is 4. The third-order valence-electron chi connectivity index (χ3n) is 4.55. The van der Waals surface area contributed by atoms with Gasteiger partial charge in [0.2, 0.25) is 21.8 Å². The molecule has 8 heteroatoms. The van der Waals surface area contributed by atoms with E-state index in [2.05, 4.69) is 10.6 Å². The van der Waals surface area contributed by atoms with E-state index in [1.807, 2.05) is 19.9 Å². The quantitative estimate of drug-likeness (QED) is 0.721. The van der Waals surface area contributed by atoms with Crippen LogP contribution in [0.4, 0.5) is 17.1 Å². The number of benzene rings is 2. The van der Waals surface area contributed by atoms with Gasteiger partial charge in [0, 0.05) is 18.3 Å². The topological polar surface area (TPSA) is 95.6 Å².